The van der Waals surface area contributed by atoms with Crippen LogP contribution in [-0.4, -0.2) is 36.4 Å². The van der Waals surface area contributed by atoms with Crippen molar-refractivity contribution in [3.8, 4) is 5.75 Å². The zero-order chi connectivity index (χ0) is 19.8. The molecule has 0 unspecified atom stereocenters. The van der Waals surface area contributed by atoms with Gasteiger partial charge in [0, 0.05) is 18.8 Å². The Kier molecular flexibility index (Phi) is 7.61. The van der Waals surface area contributed by atoms with Crippen molar-refractivity contribution in [2.24, 2.45) is 0 Å². The van der Waals surface area contributed by atoms with Crippen LogP contribution in [0, 0.1) is 5.82 Å². The van der Waals surface area contributed by atoms with E-state index in [9.17, 15) is 14.0 Å². The van der Waals surface area contributed by atoms with Crippen LogP contribution < -0.4 is 10.1 Å². The van der Waals surface area contributed by atoms with E-state index in [1.807, 2.05) is 13.8 Å². The number of hydrogen-bond donors (Lipinski definition) is 1. The first-order valence-electron chi connectivity index (χ1n) is 8.67. The molecule has 0 aliphatic rings. The predicted octanol–water partition coefficient (Wildman–Crippen LogP) is 3.91. The number of carbonyl (C=O) groups is 2. The van der Waals surface area contributed by atoms with Gasteiger partial charge in [-0.15, -0.1) is 0 Å². The quantitative estimate of drug-likeness (QED) is 0.741. The summed E-state index contributed by atoms with van der Waals surface area (Å²) in [4.78, 5) is 25.7. The van der Waals surface area contributed by atoms with Crippen molar-refractivity contribution in [1.29, 1.82) is 0 Å². The summed E-state index contributed by atoms with van der Waals surface area (Å²) in [5.74, 6) is -0.342. The second kappa shape index (κ2) is 9.92. The van der Waals surface area contributed by atoms with Gasteiger partial charge in [-0.3, -0.25) is 9.59 Å². The molecule has 0 radical (unpaired) electrons. The molecule has 2 aromatic carbocycles. The van der Waals surface area contributed by atoms with Gasteiger partial charge in [-0.05, 0) is 49.7 Å². The topological polar surface area (TPSA) is 58.6 Å². The molecule has 0 fully saturated rings. The van der Waals surface area contributed by atoms with E-state index in [2.05, 4.69) is 5.32 Å². The Balaban J connectivity index is 1.92. The van der Waals surface area contributed by atoms with Crippen LogP contribution in [0.1, 0.15) is 19.4 Å². The molecular formula is C20H22ClFN2O3. The van der Waals surface area contributed by atoms with E-state index < -0.39 is 0 Å². The van der Waals surface area contributed by atoms with Crippen molar-refractivity contribution in [3.63, 3.8) is 0 Å². The Morgan fingerprint density at radius 1 is 1.11 bits per heavy atom. The zero-order valence-corrected chi connectivity index (χ0v) is 16.1. The lowest BCUT2D eigenvalue weighted by molar-refractivity contribution is -0.133. The average Bonchev–Trinajstić information content (AvgIpc) is 2.64. The number of anilines is 1. The lowest BCUT2D eigenvalue weighted by Crippen LogP contribution is -2.34. The largest absolute Gasteiger partial charge is 0.482 e. The smallest absolute Gasteiger partial charge is 0.260 e. The van der Waals surface area contributed by atoms with Gasteiger partial charge in [0.15, 0.2) is 6.61 Å². The molecular weight excluding hydrogens is 371 g/mol. The summed E-state index contributed by atoms with van der Waals surface area (Å²) in [7, 11) is 0. The maximum absolute atomic E-state index is 12.9. The van der Waals surface area contributed by atoms with Crippen molar-refractivity contribution >= 4 is 29.1 Å². The molecule has 0 aromatic heterocycles. The van der Waals surface area contributed by atoms with Gasteiger partial charge in [-0.1, -0.05) is 23.7 Å². The molecule has 0 aliphatic heterocycles. The first kappa shape index (κ1) is 20.7. The lowest BCUT2D eigenvalue weighted by atomic mass is 10.1. The van der Waals surface area contributed by atoms with Crippen molar-refractivity contribution in [2.75, 3.05) is 25.0 Å². The molecule has 2 rings (SSSR count). The summed E-state index contributed by atoms with van der Waals surface area (Å²) in [5, 5.41) is 3.02. The highest BCUT2D eigenvalue weighted by Crippen LogP contribution is 2.27. The molecule has 144 valence electrons. The van der Waals surface area contributed by atoms with Crippen LogP contribution in [-0.2, 0) is 16.0 Å². The predicted molar refractivity (Wildman–Crippen MR) is 104 cm³/mol. The molecule has 7 heteroatoms. The number of halogens is 2. The molecule has 0 heterocycles. The number of nitrogens with zero attached hydrogens (tertiary/aromatic N) is 1. The summed E-state index contributed by atoms with van der Waals surface area (Å²) in [6.07, 6.45) is 0.120. The third kappa shape index (κ3) is 6.25. The average molecular weight is 393 g/mol. The van der Waals surface area contributed by atoms with Gasteiger partial charge in [0.2, 0.25) is 5.91 Å². The second-order valence-electron chi connectivity index (χ2n) is 5.85. The van der Waals surface area contributed by atoms with Crippen molar-refractivity contribution < 1.29 is 18.7 Å². The SMILES string of the molecule is CCN(CC)C(=O)COc1ccc(NC(=O)Cc2ccc(F)cc2)cc1Cl. The first-order chi connectivity index (χ1) is 12.9. The highest BCUT2D eigenvalue weighted by Gasteiger charge is 2.12. The Morgan fingerprint density at radius 2 is 1.78 bits per heavy atom. The van der Waals surface area contributed by atoms with E-state index in [0.717, 1.165) is 0 Å². The minimum absolute atomic E-state index is 0.0995. The number of hydrogen-bond acceptors (Lipinski definition) is 3. The monoisotopic (exact) mass is 392 g/mol. The molecule has 0 atom stereocenters. The number of carbonyl (C=O) groups excluding carboxylic acids is 2. The van der Waals surface area contributed by atoms with Gasteiger partial charge < -0.3 is 15.0 Å². The van der Waals surface area contributed by atoms with Gasteiger partial charge in [-0.2, -0.15) is 0 Å². The van der Waals surface area contributed by atoms with Crippen LogP contribution in [0.25, 0.3) is 0 Å². The molecule has 5 nitrogen and oxygen atoms in total. The molecule has 0 saturated carbocycles. The van der Waals surface area contributed by atoms with E-state index in [4.69, 9.17) is 16.3 Å². The Labute approximate surface area is 163 Å². The fraction of sp³-hybridized carbons (Fsp3) is 0.300. The van der Waals surface area contributed by atoms with E-state index in [0.29, 0.717) is 35.1 Å². The minimum Gasteiger partial charge on any atom is -0.482 e. The minimum atomic E-state index is -0.346. The van der Waals surface area contributed by atoms with E-state index in [1.165, 1.54) is 12.1 Å². The summed E-state index contributed by atoms with van der Waals surface area (Å²) < 4.78 is 18.4. The standard InChI is InChI=1S/C20H22ClFN2O3/c1-3-24(4-2)20(26)13-27-18-10-9-16(12-17(18)21)23-19(25)11-14-5-7-15(22)8-6-14/h5-10,12H,3-4,11,13H2,1-2H3,(H,23,25). The molecule has 0 aliphatic carbocycles. The number of nitrogens with one attached hydrogen (secondary N) is 1. The number of amides is 2. The molecule has 2 amide bonds. The Morgan fingerprint density at radius 3 is 2.37 bits per heavy atom. The maximum atomic E-state index is 12.9. The van der Waals surface area contributed by atoms with E-state index >= 15 is 0 Å². The molecule has 0 bridgehead atoms. The summed E-state index contributed by atoms with van der Waals surface area (Å²) in [6.45, 7) is 4.93. The number of rotatable bonds is 8. The van der Waals surface area contributed by atoms with Crippen molar-refractivity contribution in [3.05, 3.63) is 58.9 Å². The van der Waals surface area contributed by atoms with Crippen LogP contribution in [0.5, 0.6) is 5.75 Å². The summed E-state index contributed by atoms with van der Waals surface area (Å²) in [6, 6.07) is 10.5. The molecule has 0 spiro atoms. The Bertz CT molecular complexity index is 792. The zero-order valence-electron chi connectivity index (χ0n) is 15.3. The van der Waals surface area contributed by atoms with Crippen LogP contribution in [0.15, 0.2) is 42.5 Å². The van der Waals surface area contributed by atoms with Gasteiger partial charge >= 0.3 is 0 Å². The van der Waals surface area contributed by atoms with Crippen LogP contribution in [0.4, 0.5) is 10.1 Å². The Hall–Kier alpha value is -2.60. The fourth-order valence-corrected chi connectivity index (χ4v) is 2.73. The fourth-order valence-electron chi connectivity index (χ4n) is 2.50. The number of benzene rings is 2. The molecule has 27 heavy (non-hydrogen) atoms. The van der Waals surface area contributed by atoms with E-state index in [1.54, 1.807) is 35.2 Å². The number of likely N-dealkylation sites (N-methyl/N-ethyl adjacent to an activating group) is 1. The molecule has 2 aromatic rings. The first-order valence-corrected chi connectivity index (χ1v) is 9.05. The van der Waals surface area contributed by atoms with E-state index in [-0.39, 0.29) is 30.7 Å². The third-order valence-corrected chi connectivity index (χ3v) is 4.26. The van der Waals surface area contributed by atoms with Crippen molar-refractivity contribution in [2.45, 2.75) is 20.3 Å². The maximum Gasteiger partial charge on any atom is 0.260 e. The summed E-state index contributed by atoms with van der Waals surface area (Å²) >= 11 is 6.18. The van der Waals surface area contributed by atoms with Gasteiger partial charge in [-0.25, -0.2) is 4.39 Å². The van der Waals surface area contributed by atoms with Gasteiger partial charge in [0.05, 0.1) is 11.4 Å². The highest BCUT2D eigenvalue weighted by molar-refractivity contribution is 6.32. The van der Waals surface area contributed by atoms with Gasteiger partial charge in [0.25, 0.3) is 5.91 Å². The molecule has 0 saturated heterocycles. The lowest BCUT2D eigenvalue weighted by Gasteiger charge is -2.19. The second-order valence-corrected chi connectivity index (χ2v) is 6.26. The third-order valence-electron chi connectivity index (χ3n) is 3.96. The summed E-state index contributed by atoms with van der Waals surface area (Å²) in [5.41, 5.74) is 1.21. The normalized spacial score (nSPS) is 10.4. The molecule has 1 N–H and O–H groups in total. The highest BCUT2D eigenvalue weighted by atomic mass is 35.5. The van der Waals surface area contributed by atoms with Crippen molar-refractivity contribution in [1.82, 2.24) is 4.90 Å². The van der Waals surface area contributed by atoms with Gasteiger partial charge in [0.1, 0.15) is 11.6 Å². The van der Waals surface area contributed by atoms with Crippen LogP contribution >= 0.6 is 11.6 Å². The van der Waals surface area contributed by atoms with Crippen LogP contribution in [0.2, 0.25) is 5.02 Å². The van der Waals surface area contributed by atoms with Crippen LogP contribution in [0.3, 0.4) is 0 Å². The number of ether oxygens (including phenoxy) is 1.